The quantitative estimate of drug-likeness (QED) is 0.743. The van der Waals surface area contributed by atoms with Gasteiger partial charge in [-0.05, 0) is 36.5 Å². The number of aliphatic carboxylic acids is 1. The summed E-state index contributed by atoms with van der Waals surface area (Å²) in [7, 11) is 0. The van der Waals surface area contributed by atoms with Gasteiger partial charge in [-0.2, -0.15) is 0 Å². The van der Waals surface area contributed by atoms with Crippen molar-refractivity contribution in [2.45, 2.75) is 67.3 Å². The summed E-state index contributed by atoms with van der Waals surface area (Å²) in [6.45, 7) is 15.9. The van der Waals surface area contributed by atoms with Crippen LogP contribution in [0.3, 0.4) is 0 Å². The second-order valence-corrected chi connectivity index (χ2v) is 7.38. The van der Waals surface area contributed by atoms with Crippen molar-refractivity contribution in [3.05, 3.63) is 0 Å². The summed E-state index contributed by atoms with van der Waals surface area (Å²) >= 11 is 0. The topological polar surface area (TPSA) is 49.3 Å². The van der Waals surface area contributed by atoms with E-state index < -0.39 is 11.4 Å². The van der Waals surface area contributed by atoms with E-state index in [9.17, 15) is 9.90 Å². The van der Waals surface area contributed by atoms with E-state index in [1.54, 1.807) is 0 Å². The van der Waals surface area contributed by atoms with Crippen LogP contribution in [0.25, 0.3) is 0 Å². The lowest BCUT2D eigenvalue weighted by Crippen LogP contribution is -2.44. The molecule has 1 unspecified atom stereocenters. The van der Waals surface area contributed by atoms with Gasteiger partial charge in [-0.1, -0.05) is 41.5 Å². The van der Waals surface area contributed by atoms with Crippen LogP contribution < -0.4 is 5.32 Å². The number of carboxylic acids is 1. The predicted molar refractivity (Wildman–Crippen MR) is 79.2 cm³/mol. The molecule has 0 amide bonds. The molecule has 0 aromatic rings. The molecule has 2 N–H and O–H groups in total. The molecular formula is C16H31NO2. The molecule has 3 nitrogen and oxygen atoms in total. The summed E-state index contributed by atoms with van der Waals surface area (Å²) in [6.07, 6.45) is 1.35. The molecule has 0 aromatic carbocycles. The SMILES string of the molecule is CCC(CC)(CNC(C)C1C(C)(C)C1(C)C)C(=O)O. The molecule has 0 bridgehead atoms. The number of carboxylic acid groups (broad SMARTS) is 1. The summed E-state index contributed by atoms with van der Waals surface area (Å²) in [4.78, 5) is 11.5. The molecule has 0 radical (unpaired) electrons. The first-order valence-electron chi connectivity index (χ1n) is 7.53. The van der Waals surface area contributed by atoms with Gasteiger partial charge in [-0.25, -0.2) is 0 Å². The number of hydrogen-bond acceptors (Lipinski definition) is 2. The van der Waals surface area contributed by atoms with Crippen molar-refractivity contribution in [1.82, 2.24) is 5.32 Å². The van der Waals surface area contributed by atoms with Crippen molar-refractivity contribution in [3.63, 3.8) is 0 Å². The smallest absolute Gasteiger partial charge is 0.310 e. The molecule has 0 spiro atoms. The van der Waals surface area contributed by atoms with Crippen LogP contribution in [0, 0.1) is 22.2 Å². The average Bonchev–Trinajstić information content (AvgIpc) is 2.71. The molecule has 3 heteroatoms. The second-order valence-electron chi connectivity index (χ2n) is 7.38. The first kappa shape index (κ1) is 16.5. The lowest BCUT2D eigenvalue weighted by atomic mass is 9.82. The molecule has 0 aliphatic heterocycles. The third-order valence-corrected chi connectivity index (χ3v) is 6.20. The van der Waals surface area contributed by atoms with E-state index in [0.717, 1.165) is 0 Å². The van der Waals surface area contributed by atoms with E-state index in [0.29, 0.717) is 42.2 Å². The maximum Gasteiger partial charge on any atom is 0.310 e. The van der Waals surface area contributed by atoms with Gasteiger partial charge in [0.25, 0.3) is 0 Å². The van der Waals surface area contributed by atoms with Crippen molar-refractivity contribution in [1.29, 1.82) is 0 Å². The number of hydrogen-bond donors (Lipinski definition) is 2. The van der Waals surface area contributed by atoms with E-state index in [4.69, 9.17) is 0 Å². The van der Waals surface area contributed by atoms with Gasteiger partial charge in [0, 0.05) is 12.6 Å². The first-order valence-corrected chi connectivity index (χ1v) is 7.53. The van der Waals surface area contributed by atoms with Crippen LogP contribution in [0.4, 0.5) is 0 Å². The normalized spacial score (nSPS) is 23.1. The van der Waals surface area contributed by atoms with Crippen molar-refractivity contribution in [2.24, 2.45) is 22.2 Å². The highest BCUT2D eigenvalue weighted by Crippen LogP contribution is 2.69. The molecule has 1 atom stereocenters. The zero-order valence-corrected chi connectivity index (χ0v) is 13.6. The van der Waals surface area contributed by atoms with Gasteiger partial charge < -0.3 is 10.4 Å². The molecule has 19 heavy (non-hydrogen) atoms. The molecule has 112 valence electrons. The summed E-state index contributed by atoms with van der Waals surface area (Å²) < 4.78 is 0. The fourth-order valence-corrected chi connectivity index (χ4v) is 3.85. The highest BCUT2D eigenvalue weighted by molar-refractivity contribution is 5.74. The van der Waals surface area contributed by atoms with Crippen LogP contribution >= 0.6 is 0 Å². The van der Waals surface area contributed by atoms with Gasteiger partial charge in [0.1, 0.15) is 0 Å². The van der Waals surface area contributed by atoms with Gasteiger partial charge in [-0.15, -0.1) is 0 Å². The van der Waals surface area contributed by atoms with Crippen LogP contribution in [0.2, 0.25) is 0 Å². The van der Waals surface area contributed by atoms with Crippen LogP contribution in [0.1, 0.15) is 61.3 Å². The Balaban J connectivity index is 2.65. The van der Waals surface area contributed by atoms with Crippen LogP contribution in [-0.4, -0.2) is 23.7 Å². The average molecular weight is 269 g/mol. The lowest BCUT2D eigenvalue weighted by molar-refractivity contribution is -0.149. The highest BCUT2D eigenvalue weighted by atomic mass is 16.4. The fourth-order valence-electron chi connectivity index (χ4n) is 3.85. The Morgan fingerprint density at radius 3 is 1.89 bits per heavy atom. The summed E-state index contributed by atoms with van der Waals surface area (Å²) in [5.41, 5.74) is 0.0604. The Bertz CT molecular complexity index is 329. The van der Waals surface area contributed by atoms with Gasteiger partial charge in [0.05, 0.1) is 5.41 Å². The number of nitrogens with one attached hydrogen (secondary N) is 1. The molecule has 0 heterocycles. The minimum atomic E-state index is -0.675. The third kappa shape index (κ3) is 2.54. The van der Waals surface area contributed by atoms with E-state index in [-0.39, 0.29) is 0 Å². The Kier molecular flexibility index (Phi) is 4.41. The largest absolute Gasteiger partial charge is 0.481 e. The zero-order valence-electron chi connectivity index (χ0n) is 13.6. The maximum atomic E-state index is 11.5. The standard InChI is InChI=1S/C16H31NO2/c1-8-16(9-2,13(18)19)10-17-11(3)12-14(4,5)15(12,6)7/h11-12,17H,8-10H2,1-7H3,(H,18,19). The van der Waals surface area contributed by atoms with Crippen molar-refractivity contribution in [2.75, 3.05) is 6.54 Å². The summed E-state index contributed by atoms with van der Waals surface area (Å²) in [6, 6.07) is 0.363. The van der Waals surface area contributed by atoms with Crippen LogP contribution in [0.5, 0.6) is 0 Å². The maximum absolute atomic E-state index is 11.5. The van der Waals surface area contributed by atoms with Gasteiger partial charge >= 0.3 is 5.97 Å². The molecule has 1 aliphatic carbocycles. The van der Waals surface area contributed by atoms with Gasteiger partial charge in [0.2, 0.25) is 0 Å². The van der Waals surface area contributed by atoms with Crippen LogP contribution in [0.15, 0.2) is 0 Å². The van der Waals surface area contributed by atoms with E-state index >= 15 is 0 Å². The van der Waals surface area contributed by atoms with Crippen molar-refractivity contribution < 1.29 is 9.90 Å². The Hall–Kier alpha value is -0.570. The molecule has 0 saturated heterocycles. The molecule has 1 saturated carbocycles. The van der Waals surface area contributed by atoms with Gasteiger partial charge in [-0.3, -0.25) is 4.79 Å². The van der Waals surface area contributed by atoms with Crippen molar-refractivity contribution in [3.8, 4) is 0 Å². The Labute approximate surface area is 118 Å². The van der Waals surface area contributed by atoms with Gasteiger partial charge in [0.15, 0.2) is 0 Å². The highest BCUT2D eigenvalue weighted by Gasteiger charge is 2.66. The lowest BCUT2D eigenvalue weighted by Gasteiger charge is -2.29. The molecule has 0 aromatic heterocycles. The summed E-state index contributed by atoms with van der Waals surface area (Å²) in [5, 5.41) is 13.0. The number of rotatable bonds is 7. The minimum absolute atomic E-state index is 0.337. The third-order valence-electron chi connectivity index (χ3n) is 6.20. The first-order chi connectivity index (χ1) is 8.56. The van der Waals surface area contributed by atoms with E-state index in [1.165, 1.54) is 0 Å². The molecule has 1 fully saturated rings. The Morgan fingerprint density at radius 1 is 1.21 bits per heavy atom. The monoisotopic (exact) mass is 269 g/mol. The van der Waals surface area contributed by atoms with Crippen molar-refractivity contribution >= 4 is 5.97 Å². The zero-order chi connectivity index (χ0) is 15.1. The molecular weight excluding hydrogens is 238 g/mol. The fraction of sp³-hybridized carbons (Fsp3) is 0.938. The summed E-state index contributed by atoms with van der Waals surface area (Å²) in [5.74, 6) is -0.0632. The molecule has 1 aliphatic rings. The Morgan fingerprint density at radius 2 is 1.63 bits per heavy atom. The van der Waals surface area contributed by atoms with E-state index in [2.05, 4.69) is 39.9 Å². The van der Waals surface area contributed by atoms with Crippen LogP contribution in [-0.2, 0) is 4.79 Å². The minimum Gasteiger partial charge on any atom is -0.481 e. The predicted octanol–water partition coefficient (Wildman–Crippen LogP) is 3.54. The molecule has 1 rings (SSSR count). The van der Waals surface area contributed by atoms with E-state index in [1.807, 2.05) is 13.8 Å². The second kappa shape index (κ2) is 5.08. The number of carbonyl (C=O) groups is 1.